The molecule has 4 amide bonds. The van der Waals surface area contributed by atoms with Crippen LogP contribution in [0.1, 0.15) is 40.4 Å². The molecule has 1 aliphatic rings. The zero-order valence-electron chi connectivity index (χ0n) is 25.5. The van der Waals surface area contributed by atoms with Gasteiger partial charge in [0.1, 0.15) is 18.5 Å². The molecule has 252 valence electrons. The van der Waals surface area contributed by atoms with Crippen molar-refractivity contribution < 1.29 is 47.2 Å². The van der Waals surface area contributed by atoms with E-state index in [9.17, 15) is 28.0 Å². The van der Waals surface area contributed by atoms with Crippen LogP contribution in [0.15, 0.2) is 60.7 Å². The maximum Gasteiger partial charge on any atom is 0.412 e. The van der Waals surface area contributed by atoms with Gasteiger partial charge in [-0.2, -0.15) is 0 Å². The molecule has 1 aliphatic heterocycles. The highest BCUT2D eigenvalue weighted by Crippen LogP contribution is 2.38. The Labute approximate surface area is 275 Å². The number of carbonyl (C=O) groups excluding carboxylic acids is 4. The summed E-state index contributed by atoms with van der Waals surface area (Å²) in [6.45, 7) is 1.71. The van der Waals surface area contributed by atoms with Gasteiger partial charge in [-0.25, -0.2) is 18.4 Å². The number of carbonyl (C=O) groups is 4. The fourth-order valence-electron chi connectivity index (χ4n) is 4.24. The van der Waals surface area contributed by atoms with Gasteiger partial charge in [0.25, 0.3) is 5.91 Å². The Hall–Kier alpha value is -4.36. The molecule has 0 saturated heterocycles. The molecule has 0 bridgehead atoms. The number of ether oxygens (including phenoxy) is 2. The Morgan fingerprint density at radius 1 is 1.11 bits per heavy atom. The van der Waals surface area contributed by atoms with E-state index < -0.39 is 38.4 Å². The summed E-state index contributed by atoms with van der Waals surface area (Å²) in [4.78, 5) is 67.3. The largest absolute Gasteiger partial charge is 0.449 e. The van der Waals surface area contributed by atoms with Crippen molar-refractivity contribution in [3.63, 3.8) is 0 Å². The molecule has 0 radical (unpaired) electrons. The first-order valence-electron chi connectivity index (χ1n) is 14.2. The molecule has 47 heavy (non-hydrogen) atoms. The van der Waals surface area contributed by atoms with E-state index in [0.717, 1.165) is 5.56 Å². The van der Waals surface area contributed by atoms with Gasteiger partial charge < -0.3 is 29.5 Å². The van der Waals surface area contributed by atoms with Crippen molar-refractivity contribution in [2.75, 3.05) is 43.5 Å². The molecule has 5 N–H and O–H groups in total. The first-order chi connectivity index (χ1) is 22.3. The van der Waals surface area contributed by atoms with Crippen LogP contribution in [0.3, 0.4) is 0 Å². The third-order valence-corrected chi connectivity index (χ3v) is 7.50. The van der Waals surface area contributed by atoms with E-state index in [0.29, 0.717) is 12.1 Å². The van der Waals surface area contributed by atoms with Crippen LogP contribution in [0.5, 0.6) is 0 Å². The molecule has 12 nitrogen and oxygen atoms in total. The van der Waals surface area contributed by atoms with Crippen molar-refractivity contribution >= 4 is 55.4 Å². The summed E-state index contributed by atoms with van der Waals surface area (Å²) >= 11 is 5.87. The van der Waals surface area contributed by atoms with Crippen molar-refractivity contribution in [1.29, 1.82) is 0 Å². The van der Waals surface area contributed by atoms with Gasteiger partial charge in [0, 0.05) is 24.8 Å². The first-order valence-corrected chi connectivity index (χ1v) is 16.0. The maximum absolute atomic E-state index is 14.5. The van der Waals surface area contributed by atoms with Gasteiger partial charge in [0.15, 0.2) is 14.2 Å². The SMILES string of the molecule is CN(CCCC1OC(=O)Nc2ccc(Cl)c(F)c21)C(=O)CNC(=O)c1ccc(NC(=O)OCCP(O)O)cc1.Cc1cccc(F)c1. The van der Waals surface area contributed by atoms with E-state index in [-0.39, 0.29) is 65.8 Å². The highest BCUT2D eigenvalue weighted by molar-refractivity contribution is 7.45. The summed E-state index contributed by atoms with van der Waals surface area (Å²) in [6, 6.07) is 15.2. The maximum atomic E-state index is 14.5. The number of rotatable bonds is 11. The molecule has 3 aromatic rings. The number of benzene rings is 3. The standard InChI is InChI=1S/C24H27ClFN4O8P.C7H7F/c1-30(10-2-3-18-20-17(29-24(34)38-18)9-8-16(25)21(20)26)19(31)13-27-22(32)14-4-6-15(7-5-14)28-23(33)37-11-12-39(35)36;1-6-3-2-4-7(8)5-6/h4-9,18,35-36H,2-3,10-13H2,1H3,(H,27,32)(H,28,33)(H,29,34);2-5H,1H3. The minimum Gasteiger partial charge on any atom is -0.449 e. The van der Waals surface area contributed by atoms with Gasteiger partial charge in [0.2, 0.25) is 5.91 Å². The van der Waals surface area contributed by atoms with Gasteiger partial charge in [-0.15, -0.1) is 0 Å². The summed E-state index contributed by atoms with van der Waals surface area (Å²) in [5.41, 5.74) is 2.01. The van der Waals surface area contributed by atoms with Crippen LogP contribution in [0.25, 0.3) is 0 Å². The number of nitrogens with zero attached hydrogens (tertiary/aromatic N) is 1. The monoisotopic (exact) mass is 694 g/mol. The second-order valence-corrected chi connectivity index (χ2v) is 11.8. The molecule has 1 atom stereocenters. The molecule has 1 unspecified atom stereocenters. The van der Waals surface area contributed by atoms with Gasteiger partial charge in [-0.3, -0.25) is 20.2 Å². The molecule has 0 aliphatic carbocycles. The molecule has 0 spiro atoms. The fourth-order valence-corrected chi connectivity index (χ4v) is 4.66. The quantitative estimate of drug-likeness (QED) is 0.159. The Bertz CT molecular complexity index is 1550. The lowest BCUT2D eigenvalue weighted by Gasteiger charge is -2.27. The van der Waals surface area contributed by atoms with Crippen molar-refractivity contribution in [3.8, 4) is 0 Å². The predicted octanol–water partition coefficient (Wildman–Crippen LogP) is 5.73. The number of anilines is 2. The number of aryl methyl sites for hydroxylation is 1. The van der Waals surface area contributed by atoms with E-state index in [1.54, 1.807) is 13.1 Å². The summed E-state index contributed by atoms with van der Waals surface area (Å²) in [6.07, 6.45) is -1.77. The third kappa shape index (κ3) is 12.1. The molecule has 3 aromatic carbocycles. The Balaban J connectivity index is 0.000000653. The normalized spacial score (nSPS) is 13.3. The molecule has 0 aromatic heterocycles. The average Bonchev–Trinajstić information content (AvgIpc) is 3.01. The predicted molar refractivity (Wildman–Crippen MR) is 172 cm³/mol. The van der Waals surface area contributed by atoms with E-state index in [4.69, 9.17) is 30.9 Å². The molecule has 16 heteroatoms. The molecule has 1 heterocycles. The second kappa shape index (κ2) is 18.1. The highest BCUT2D eigenvalue weighted by Gasteiger charge is 2.30. The van der Waals surface area contributed by atoms with Gasteiger partial charge in [-0.1, -0.05) is 23.7 Å². The Kier molecular flexibility index (Phi) is 14.3. The number of amides is 4. The van der Waals surface area contributed by atoms with Crippen LogP contribution in [0.4, 0.5) is 29.7 Å². The molecule has 0 saturated carbocycles. The van der Waals surface area contributed by atoms with Crippen LogP contribution in [0.2, 0.25) is 5.02 Å². The smallest absolute Gasteiger partial charge is 0.412 e. The van der Waals surface area contributed by atoms with Crippen LogP contribution in [-0.2, 0) is 14.3 Å². The lowest BCUT2D eigenvalue weighted by Crippen LogP contribution is -2.38. The second-order valence-electron chi connectivity index (χ2n) is 10.2. The fraction of sp³-hybridized carbons (Fsp3) is 0.290. The van der Waals surface area contributed by atoms with Gasteiger partial charge in [-0.05, 0) is 73.9 Å². The van der Waals surface area contributed by atoms with Gasteiger partial charge >= 0.3 is 12.2 Å². The van der Waals surface area contributed by atoms with E-state index in [2.05, 4.69) is 16.0 Å². The minimum atomic E-state index is -2.14. The summed E-state index contributed by atoms with van der Waals surface area (Å²) in [5, 5.41) is 7.30. The zero-order valence-corrected chi connectivity index (χ0v) is 27.1. The number of halogens is 3. The summed E-state index contributed by atoms with van der Waals surface area (Å²) in [5.74, 6) is -1.70. The van der Waals surface area contributed by atoms with E-state index in [1.165, 1.54) is 53.4 Å². The zero-order chi connectivity index (χ0) is 34.5. The number of cyclic esters (lactones) is 1. The molecular weight excluding hydrogens is 661 g/mol. The molecular formula is C31H34ClF2N4O8P. The summed E-state index contributed by atoms with van der Waals surface area (Å²) in [7, 11) is -0.593. The van der Waals surface area contributed by atoms with Crippen molar-refractivity contribution in [2.24, 2.45) is 0 Å². The van der Waals surface area contributed by atoms with Crippen LogP contribution < -0.4 is 16.0 Å². The van der Waals surface area contributed by atoms with Crippen LogP contribution in [-0.4, -0.2) is 71.6 Å². The Morgan fingerprint density at radius 3 is 2.47 bits per heavy atom. The Morgan fingerprint density at radius 2 is 1.83 bits per heavy atom. The first kappa shape index (κ1) is 37.1. The van der Waals surface area contributed by atoms with E-state index >= 15 is 0 Å². The number of nitrogens with one attached hydrogen (secondary N) is 3. The van der Waals surface area contributed by atoms with E-state index in [1.807, 2.05) is 13.0 Å². The summed E-state index contributed by atoms with van der Waals surface area (Å²) < 4.78 is 36.7. The number of likely N-dealkylation sites (N-methyl/N-ethyl adjacent to an activating group) is 1. The van der Waals surface area contributed by atoms with Crippen molar-refractivity contribution in [2.45, 2.75) is 25.9 Å². The van der Waals surface area contributed by atoms with Crippen LogP contribution >= 0.6 is 20.0 Å². The lowest BCUT2D eigenvalue weighted by atomic mass is 10.0. The van der Waals surface area contributed by atoms with Gasteiger partial charge in [0.05, 0.1) is 29.0 Å². The average molecular weight is 695 g/mol. The lowest BCUT2D eigenvalue weighted by molar-refractivity contribution is -0.128. The third-order valence-electron chi connectivity index (χ3n) is 6.62. The number of fused-ring (bicyclic) bond motifs is 1. The van der Waals surface area contributed by atoms with Crippen molar-refractivity contribution in [1.82, 2.24) is 10.2 Å². The topological polar surface area (TPSA) is 167 Å². The highest BCUT2D eigenvalue weighted by atomic mass is 35.5. The minimum absolute atomic E-state index is 0.0622. The number of hydrogen-bond acceptors (Lipinski definition) is 8. The molecule has 4 rings (SSSR count). The van der Waals surface area contributed by atoms with Crippen molar-refractivity contribution in [3.05, 3.63) is 94.0 Å². The molecule has 0 fully saturated rings. The van der Waals surface area contributed by atoms with Crippen LogP contribution in [0, 0.1) is 18.6 Å². The number of hydrogen-bond donors (Lipinski definition) is 5.